The molecular formula is C25H31N5O3. The summed E-state index contributed by atoms with van der Waals surface area (Å²) in [6.07, 6.45) is 0.755. The summed E-state index contributed by atoms with van der Waals surface area (Å²) in [5, 5.41) is 3.95. The van der Waals surface area contributed by atoms with Gasteiger partial charge in [0, 0.05) is 32.1 Å². The number of para-hydroxylation sites is 1. The van der Waals surface area contributed by atoms with Crippen molar-refractivity contribution >= 4 is 22.6 Å². The summed E-state index contributed by atoms with van der Waals surface area (Å²) in [4.78, 5) is 26.3. The van der Waals surface area contributed by atoms with E-state index >= 15 is 0 Å². The van der Waals surface area contributed by atoms with E-state index in [1.54, 1.807) is 14.2 Å². The molecule has 2 heterocycles. The van der Waals surface area contributed by atoms with Crippen molar-refractivity contribution < 1.29 is 14.3 Å². The third-order valence-electron chi connectivity index (χ3n) is 6.03. The zero-order valence-corrected chi connectivity index (χ0v) is 19.7. The molecule has 1 aliphatic rings. The van der Waals surface area contributed by atoms with Crippen molar-refractivity contribution in [3.63, 3.8) is 0 Å². The maximum Gasteiger partial charge on any atom is 0.237 e. The van der Waals surface area contributed by atoms with Crippen LogP contribution in [0, 0.1) is 0 Å². The number of carbonyl (C=O) groups is 1. The minimum absolute atomic E-state index is 0.0790. The minimum Gasteiger partial charge on any atom is -0.493 e. The summed E-state index contributed by atoms with van der Waals surface area (Å²) in [5.74, 6) is 3.06. The second-order valence-corrected chi connectivity index (χ2v) is 8.21. The fourth-order valence-corrected chi connectivity index (χ4v) is 4.37. The first-order chi connectivity index (χ1) is 16.0. The maximum absolute atomic E-state index is 12.3. The fourth-order valence-electron chi connectivity index (χ4n) is 4.37. The number of anilines is 1. The zero-order valence-electron chi connectivity index (χ0n) is 19.7. The first-order valence-corrected chi connectivity index (χ1v) is 11.2. The molecule has 8 nitrogen and oxygen atoms in total. The molecule has 33 heavy (non-hydrogen) atoms. The fraction of sp³-hybridized carbons (Fsp3) is 0.400. The van der Waals surface area contributed by atoms with Crippen LogP contribution in [0.25, 0.3) is 10.9 Å². The van der Waals surface area contributed by atoms with Crippen LogP contribution < -0.4 is 19.7 Å². The van der Waals surface area contributed by atoms with Crippen LogP contribution in [0.4, 0.5) is 5.82 Å². The van der Waals surface area contributed by atoms with Gasteiger partial charge < -0.3 is 19.7 Å². The first kappa shape index (κ1) is 22.8. The molecule has 1 fully saturated rings. The summed E-state index contributed by atoms with van der Waals surface area (Å²) in [7, 11) is 5.30. The van der Waals surface area contributed by atoms with Gasteiger partial charge in [-0.1, -0.05) is 25.1 Å². The SMILES string of the molecule is CCC1C(=O)NCCN1Cc1nc(N(C)Cc2ccc(OC)c(OC)c2)c2ccccc2n1. The maximum atomic E-state index is 12.3. The molecule has 1 N–H and O–H groups in total. The minimum atomic E-state index is -0.151. The number of piperazine rings is 1. The Kier molecular flexibility index (Phi) is 6.93. The number of nitrogens with zero attached hydrogens (tertiary/aromatic N) is 4. The van der Waals surface area contributed by atoms with Gasteiger partial charge in [-0.3, -0.25) is 9.69 Å². The van der Waals surface area contributed by atoms with Crippen LogP contribution >= 0.6 is 0 Å². The van der Waals surface area contributed by atoms with Crippen molar-refractivity contribution in [1.82, 2.24) is 20.2 Å². The van der Waals surface area contributed by atoms with Gasteiger partial charge in [0.25, 0.3) is 0 Å². The van der Waals surface area contributed by atoms with Crippen LogP contribution in [0.5, 0.6) is 11.5 Å². The van der Waals surface area contributed by atoms with Crippen molar-refractivity contribution in [3.05, 3.63) is 53.9 Å². The highest BCUT2D eigenvalue weighted by molar-refractivity contribution is 5.89. The van der Waals surface area contributed by atoms with Crippen molar-refractivity contribution in [2.75, 3.05) is 39.3 Å². The van der Waals surface area contributed by atoms with Crippen LogP contribution in [0.15, 0.2) is 42.5 Å². The standard InChI is InChI=1S/C25H31N5O3/c1-5-20-25(31)26-12-13-30(20)16-23-27-19-9-7-6-8-18(19)24(28-23)29(2)15-17-10-11-21(32-3)22(14-17)33-4/h6-11,14,20H,5,12-13,15-16H2,1-4H3,(H,26,31). The number of hydrogen-bond donors (Lipinski definition) is 1. The molecule has 1 atom stereocenters. The Bertz CT molecular complexity index is 1140. The highest BCUT2D eigenvalue weighted by atomic mass is 16.5. The average Bonchev–Trinajstić information content (AvgIpc) is 2.83. The summed E-state index contributed by atoms with van der Waals surface area (Å²) in [6, 6.07) is 13.8. The summed E-state index contributed by atoms with van der Waals surface area (Å²) in [6.45, 7) is 4.65. The van der Waals surface area contributed by atoms with Crippen LogP contribution in [-0.4, -0.2) is 61.2 Å². The molecule has 1 saturated heterocycles. The molecule has 8 heteroatoms. The van der Waals surface area contributed by atoms with E-state index in [0.717, 1.165) is 41.1 Å². The third kappa shape index (κ3) is 4.85. The van der Waals surface area contributed by atoms with E-state index in [1.165, 1.54) is 0 Å². The molecule has 1 aliphatic heterocycles. The lowest BCUT2D eigenvalue weighted by Crippen LogP contribution is -2.54. The number of methoxy groups -OCH3 is 2. The Balaban J connectivity index is 1.64. The van der Waals surface area contributed by atoms with E-state index in [9.17, 15) is 4.79 Å². The molecule has 0 radical (unpaired) electrons. The largest absolute Gasteiger partial charge is 0.493 e. The molecule has 0 aliphatic carbocycles. The second kappa shape index (κ2) is 10.0. The predicted molar refractivity (Wildman–Crippen MR) is 129 cm³/mol. The lowest BCUT2D eigenvalue weighted by Gasteiger charge is -2.34. The van der Waals surface area contributed by atoms with E-state index in [2.05, 4.69) is 15.1 Å². The summed E-state index contributed by atoms with van der Waals surface area (Å²) >= 11 is 0. The van der Waals surface area contributed by atoms with Crippen LogP contribution in [0.2, 0.25) is 0 Å². The smallest absolute Gasteiger partial charge is 0.237 e. The topological polar surface area (TPSA) is 79.8 Å². The number of aromatic nitrogens is 2. The van der Waals surface area contributed by atoms with E-state index in [-0.39, 0.29) is 11.9 Å². The lowest BCUT2D eigenvalue weighted by atomic mass is 10.1. The second-order valence-electron chi connectivity index (χ2n) is 8.21. The molecule has 0 saturated carbocycles. The van der Waals surface area contributed by atoms with Gasteiger partial charge in [-0.05, 0) is 36.2 Å². The molecule has 1 aromatic heterocycles. The number of rotatable bonds is 8. The van der Waals surface area contributed by atoms with Gasteiger partial charge in [-0.15, -0.1) is 0 Å². The molecule has 4 rings (SSSR count). The lowest BCUT2D eigenvalue weighted by molar-refractivity contribution is -0.129. The quantitative estimate of drug-likeness (QED) is 0.566. The Morgan fingerprint density at radius 1 is 1.12 bits per heavy atom. The Morgan fingerprint density at radius 2 is 1.91 bits per heavy atom. The average molecular weight is 450 g/mol. The van der Waals surface area contributed by atoms with Gasteiger partial charge in [-0.2, -0.15) is 0 Å². The van der Waals surface area contributed by atoms with E-state index < -0.39 is 0 Å². The summed E-state index contributed by atoms with van der Waals surface area (Å²) in [5.41, 5.74) is 1.98. The van der Waals surface area contributed by atoms with Crippen LogP contribution in [0.1, 0.15) is 24.7 Å². The molecule has 0 spiro atoms. The van der Waals surface area contributed by atoms with E-state index in [4.69, 9.17) is 19.4 Å². The normalized spacial score (nSPS) is 16.5. The van der Waals surface area contributed by atoms with Crippen molar-refractivity contribution in [2.24, 2.45) is 0 Å². The van der Waals surface area contributed by atoms with Gasteiger partial charge >= 0.3 is 0 Å². The van der Waals surface area contributed by atoms with Crippen LogP contribution in [0.3, 0.4) is 0 Å². The number of amides is 1. The van der Waals surface area contributed by atoms with Crippen molar-refractivity contribution in [2.45, 2.75) is 32.5 Å². The molecular weight excluding hydrogens is 418 g/mol. The Labute approximate surface area is 194 Å². The molecule has 3 aromatic rings. The van der Waals surface area contributed by atoms with Gasteiger partial charge in [0.1, 0.15) is 11.6 Å². The monoisotopic (exact) mass is 449 g/mol. The molecule has 2 aromatic carbocycles. The molecule has 174 valence electrons. The Morgan fingerprint density at radius 3 is 2.67 bits per heavy atom. The summed E-state index contributed by atoms with van der Waals surface area (Å²) < 4.78 is 10.8. The predicted octanol–water partition coefficient (Wildman–Crippen LogP) is 2.99. The number of ether oxygens (including phenoxy) is 2. The molecule has 0 bridgehead atoms. The Hall–Kier alpha value is -3.39. The molecule has 1 unspecified atom stereocenters. The van der Waals surface area contributed by atoms with E-state index in [1.807, 2.05) is 56.4 Å². The number of hydrogen-bond acceptors (Lipinski definition) is 7. The zero-order chi connectivity index (χ0) is 23.4. The van der Waals surface area contributed by atoms with Crippen LogP contribution in [-0.2, 0) is 17.9 Å². The molecule has 1 amide bonds. The number of fused-ring (bicyclic) bond motifs is 1. The highest BCUT2D eigenvalue weighted by Crippen LogP contribution is 2.30. The first-order valence-electron chi connectivity index (χ1n) is 11.2. The van der Waals surface area contributed by atoms with Gasteiger partial charge in [0.05, 0.1) is 32.3 Å². The number of benzene rings is 2. The van der Waals surface area contributed by atoms with E-state index in [0.29, 0.717) is 31.1 Å². The number of carbonyl (C=O) groups excluding carboxylic acids is 1. The third-order valence-corrected chi connectivity index (χ3v) is 6.03. The number of nitrogens with one attached hydrogen (secondary N) is 1. The van der Waals surface area contributed by atoms with Gasteiger partial charge in [0.15, 0.2) is 11.5 Å². The van der Waals surface area contributed by atoms with Crippen molar-refractivity contribution in [1.29, 1.82) is 0 Å². The van der Waals surface area contributed by atoms with Gasteiger partial charge in [0.2, 0.25) is 5.91 Å². The van der Waals surface area contributed by atoms with Crippen molar-refractivity contribution in [3.8, 4) is 11.5 Å². The van der Waals surface area contributed by atoms with Gasteiger partial charge in [-0.25, -0.2) is 9.97 Å². The highest BCUT2D eigenvalue weighted by Gasteiger charge is 2.29.